The summed E-state index contributed by atoms with van der Waals surface area (Å²) in [4.78, 5) is 23.4. The maximum atomic E-state index is 12.2. The first-order valence-corrected chi connectivity index (χ1v) is 7.11. The fourth-order valence-electron chi connectivity index (χ4n) is 3.30. The number of ether oxygens (including phenoxy) is 1. The maximum absolute atomic E-state index is 12.2. The average molecular weight is 296 g/mol. The fourth-order valence-corrected chi connectivity index (χ4v) is 3.30. The van der Waals surface area contributed by atoms with Crippen LogP contribution in [0, 0.1) is 5.92 Å². The van der Waals surface area contributed by atoms with Crippen LogP contribution in [0.5, 0.6) is 0 Å². The summed E-state index contributed by atoms with van der Waals surface area (Å²) in [5.41, 5.74) is 4.09. The Morgan fingerprint density at radius 3 is 2.00 bits per heavy atom. The van der Waals surface area contributed by atoms with Crippen LogP contribution in [0.25, 0.3) is 11.1 Å². The Bertz CT molecular complexity index is 690. The van der Waals surface area contributed by atoms with E-state index >= 15 is 0 Å². The van der Waals surface area contributed by atoms with Gasteiger partial charge in [-0.3, -0.25) is 9.59 Å². The van der Waals surface area contributed by atoms with E-state index in [1.54, 1.807) is 0 Å². The average Bonchev–Trinajstić information content (AvgIpc) is 2.86. The molecule has 0 bridgehead atoms. The van der Waals surface area contributed by atoms with Crippen molar-refractivity contribution in [2.45, 2.75) is 12.3 Å². The van der Waals surface area contributed by atoms with Crippen LogP contribution in [0.3, 0.4) is 0 Å². The van der Waals surface area contributed by atoms with Gasteiger partial charge in [0, 0.05) is 5.92 Å². The molecule has 1 atom stereocenters. The highest BCUT2D eigenvalue weighted by Crippen LogP contribution is 2.48. The number of carboxylic acids is 1. The smallest absolute Gasteiger partial charge is 0.310 e. The first-order chi connectivity index (χ1) is 10.6. The van der Waals surface area contributed by atoms with E-state index in [4.69, 9.17) is 4.74 Å². The Morgan fingerprint density at radius 1 is 1.05 bits per heavy atom. The zero-order chi connectivity index (χ0) is 15.7. The number of hydrogen-bond acceptors (Lipinski definition) is 3. The fraction of sp³-hybridized carbons (Fsp3) is 0.222. The van der Waals surface area contributed by atoms with E-state index in [2.05, 4.69) is 0 Å². The molecule has 1 aliphatic carbocycles. The number of fused-ring (bicyclic) bond motifs is 3. The van der Waals surface area contributed by atoms with Crippen molar-refractivity contribution in [1.82, 2.24) is 0 Å². The first kappa shape index (κ1) is 14.3. The summed E-state index contributed by atoms with van der Waals surface area (Å²) in [6, 6.07) is 15.6. The highest BCUT2D eigenvalue weighted by molar-refractivity contribution is 5.86. The number of rotatable bonds is 4. The van der Waals surface area contributed by atoms with E-state index in [0.717, 1.165) is 22.3 Å². The Labute approximate surface area is 128 Å². The van der Waals surface area contributed by atoms with Crippen LogP contribution in [0.15, 0.2) is 48.5 Å². The third-order valence-electron chi connectivity index (χ3n) is 4.18. The highest BCUT2D eigenvalue weighted by Gasteiger charge is 2.39. The number of carbonyl (C=O) groups excluding carboxylic acids is 1. The van der Waals surface area contributed by atoms with Gasteiger partial charge in [-0.2, -0.15) is 0 Å². The predicted molar refractivity (Wildman–Crippen MR) is 81.5 cm³/mol. The molecule has 0 heterocycles. The summed E-state index contributed by atoms with van der Waals surface area (Å²) in [5, 5.41) is 9.18. The van der Waals surface area contributed by atoms with E-state index in [1.807, 2.05) is 48.5 Å². The van der Waals surface area contributed by atoms with Gasteiger partial charge < -0.3 is 9.84 Å². The number of methoxy groups -OCH3 is 1. The molecule has 0 spiro atoms. The van der Waals surface area contributed by atoms with Gasteiger partial charge in [-0.15, -0.1) is 0 Å². The molecule has 0 saturated heterocycles. The van der Waals surface area contributed by atoms with Crippen molar-refractivity contribution >= 4 is 11.9 Å². The molecule has 2 aromatic rings. The van der Waals surface area contributed by atoms with Gasteiger partial charge in [-0.25, -0.2) is 0 Å². The molecule has 0 fully saturated rings. The second-order valence-corrected chi connectivity index (χ2v) is 5.38. The lowest BCUT2D eigenvalue weighted by Gasteiger charge is -2.22. The van der Waals surface area contributed by atoms with Crippen molar-refractivity contribution < 1.29 is 19.4 Å². The van der Waals surface area contributed by atoms with E-state index in [9.17, 15) is 14.7 Å². The maximum Gasteiger partial charge on any atom is 0.310 e. The second-order valence-electron chi connectivity index (χ2n) is 5.38. The molecule has 1 N–H and O–H groups in total. The molecule has 4 nitrogen and oxygen atoms in total. The van der Waals surface area contributed by atoms with Gasteiger partial charge in [0.25, 0.3) is 0 Å². The first-order valence-electron chi connectivity index (χ1n) is 7.11. The van der Waals surface area contributed by atoms with Gasteiger partial charge in [0.05, 0.1) is 19.4 Å². The van der Waals surface area contributed by atoms with Crippen molar-refractivity contribution in [3.8, 4) is 11.1 Å². The van der Waals surface area contributed by atoms with Crippen molar-refractivity contribution in [1.29, 1.82) is 0 Å². The summed E-state index contributed by atoms with van der Waals surface area (Å²) < 4.78 is 4.85. The largest absolute Gasteiger partial charge is 0.481 e. The van der Waals surface area contributed by atoms with E-state index in [1.165, 1.54) is 7.11 Å². The number of esters is 1. The van der Waals surface area contributed by atoms with Gasteiger partial charge in [-0.1, -0.05) is 48.5 Å². The van der Waals surface area contributed by atoms with Crippen LogP contribution < -0.4 is 0 Å². The molecule has 0 radical (unpaired) electrons. The quantitative estimate of drug-likeness (QED) is 0.881. The lowest BCUT2D eigenvalue weighted by atomic mass is 9.82. The van der Waals surface area contributed by atoms with E-state index in [-0.39, 0.29) is 12.3 Å². The number of carbonyl (C=O) groups is 2. The van der Waals surface area contributed by atoms with Gasteiger partial charge in [-0.05, 0) is 22.3 Å². The Morgan fingerprint density at radius 2 is 1.55 bits per heavy atom. The number of benzene rings is 2. The Hall–Kier alpha value is -2.62. The van der Waals surface area contributed by atoms with Crippen LogP contribution in [0.4, 0.5) is 0 Å². The lowest BCUT2D eigenvalue weighted by Crippen LogP contribution is -2.26. The van der Waals surface area contributed by atoms with Crippen molar-refractivity contribution in [3.05, 3.63) is 59.7 Å². The van der Waals surface area contributed by atoms with Crippen LogP contribution >= 0.6 is 0 Å². The molecule has 1 aliphatic rings. The monoisotopic (exact) mass is 296 g/mol. The second kappa shape index (κ2) is 5.64. The summed E-state index contributed by atoms with van der Waals surface area (Å²) in [6.07, 6.45) is -0.250. The predicted octanol–water partition coefficient (Wildman–Crippen LogP) is 3.06. The minimum absolute atomic E-state index is 0.250. The van der Waals surface area contributed by atoms with Crippen LogP contribution in [0.1, 0.15) is 23.5 Å². The van der Waals surface area contributed by atoms with Crippen LogP contribution in [-0.4, -0.2) is 24.2 Å². The molecule has 0 aliphatic heterocycles. The SMILES string of the molecule is COC(=O)C(CC(=O)O)C1c2ccccc2-c2ccccc21. The van der Waals surface area contributed by atoms with Crippen LogP contribution in [0.2, 0.25) is 0 Å². The third kappa shape index (κ3) is 2.26. The van der Waals surface area contributed by atoms with Gasteiger partial charge in [0.15, 0.2) is 0 Å². The van der Waals surface area contributed by atoms with E-state index < -0.39 is 17.9 Å². The molecule has 3 rings (SSSR count). The topological polar surface area (TPSA) is 63.6 Å². The molecule has 0 saturated carbocycles. The summed E-state index contributed by atoms with van der Waals surface area (Å²) >= 11 is 0. The standard InChI is InChI=1S/C18H16O4/c1-22-18(21)15(10-16(19)20)17-13-8-4-2-6-11(13)12-7-3-5-9-14(12)17/h2-9,15,17H,10H2,1H3,(H,19,20). The number of carboxylic acid groups (broad SMARTS) is 1. The third-order valence-corrected chi connectivity index (χ3v) is 4.18. The Kier molecular flexibility index (Phi) is 3.67. The minimum atomic E-state index is -1.00. The number of hydrogen-bond donors (Lipinski definition) is 1. The normalized spacial score (nSPS) is 14.0. The molecular weight excluding hydrogens is 280 g/mol. The van der Waals surface area contributed by atoms with Crippen LogP contribution in [-0.2, 0) is 14.3 Å². The number of aliphatic carboxylic acids is 1. The lowest BCUT2D eigenvalue weighted by molar-refractivity contribution is -0.151. The van der Waals surface area contributed by atoms with E-state index in [0.29, 0.717) is 0 Å². The molecule has 0 amide bonds. The molecule has 2 aromatic carbocycles. The molecule has 0 aromatic heterocycles. The van der Waals surface area contributed by atoms with Gasteiger partial charge in [0.2, 0.25) is 0 Å². The molecule has 112 valence electrons. The minimum Gasteiger partial charge on any atom is -0.481 e. The molecule has 1 unspecified atom stereocenters. The summed E-state index contributed by atoms with van der Waals surface area (Å²) in [7, 11) is 1.30. The molecule has 22 heavy (non-hydrogen) atoms. The zero-order valence-electron chi connectivity index (χ0n) is 12.2. The highest BCUT2D eigenvalue weighted by atomic mass is 16.5. The zero-order valence-corrected chi connectivity index (χ0v) is 12.2. The summed E-state index contributed by atoms with van der Waals surface area (Å²) in [6.45, 7) is 0. The summed E-state index contributed by atoms with van der Waals surface area (Å²) in [5.74, 6) is -2.50. The van der Waals surface area contributed by atoms with Crippen molar-refractivity contribution in [2.75, 3.05) is 7.11 Å². The van der Waals surface area contributed by atoms with Crippen molar-refractivity contribution in [3.63, 3.8) is 0 Å². The van der Waals surface area contributed by atoms with Gasteiger partial charge in [0.1, 0.15) is 0 Å². The molecular formula is C18H16O4. The van der Waals surface area contributed by atoms with Gasteiger partial charge >= 0.3 is 11.9 Å². The Balaban J connectivity index is 2.16. The molecule has 4 heteroatoms. The van der Waals surface area contributed by atoms with Crippen molar-refractivity contribution in [2.24, 2.45) is 5.92 Å².